The minimum absolute atomic E-state index is 0.0332. The van der Waals surface area contributed by atoms with Crippen LogP contribution in [0.1, 0.15) is 49.9 Å². The van der Waals surface area contributed by atoms with E-state index in [0.717, 1.165) is 82.1 Å². The van der Waals surface area contributed by atoms with Crippen LogP contribution in [0.15, 0.2) is 22.9 Å². The van der Waals surface area contributed by atoms with Crippen LogP contribution in [-0.2, 0) is 4.74 Å². The molecule has 3 aromatic heterocycles. The molecule has 1 N–H and O–H groups in total. The van der Waals surface area contributed by atoms with Crippen molar-refractivity contribution in [2.75, 3.05) is 13.2 Å². The van der Waals surface area contributed by atoms with Crippen molar-refractivity contribution in [2.45, 2.75) is 52.6 Å². The summed E-state index contributed by atoms with van der Waals surface area (Å²) in [6.07, 6.45) is 3.88. The molecule has 1 fully saturated rings. The first-order valence-electron chi connectivity index (χ1n) is 10.5. The lowest BCUT2D eigenvalue weighted by molar-refractivity contribution is 0.0838. The molecular weight excluding hydrogens is 380 g/mol. The van der Waals surface area contributed by atoms with Crippen molar-refractivity contribution in [3.63, 3.8) is 0 Å². The number of aromatic nitrogens is 4. The van der Waals surface area contributed by atoms with Crippen molar-refractivity contribution in [1.29, 1.82) is 0 Å². The van der Waals surface area contributed by atoms with E-state index in [9.17, 15) is 0 Å². The molecule has 1 aromatic carbocycles. The van der Waals surface area contributed by atoms with Crippen molar-refractivity contribution >= 4 is 21.9 Å². The molecule has 0 aliphatic carbocycles. The fraction of sp³-hybridized carbons (Fsp3) is 0.435. The Morgan fingerprint density at radius 3 is 2.67 bits per heavy atom. The summed E-state index contributed by atoms with van der Waals surface area (Å²) in [6.45, 7) is 9.49. The first-order valence-corrected chi connectivity index (χ1v) is 10.5. The minimum Gasteiger partial charge on any atom is -0.490 e. The van der Waals surface area contributed by atoms with Crippen LogP contribution in [0.3, 0.4) is 0 Å². The van der Waals surface area contributed by atoms with Gasteiger partial charge in [-0.2, -0.15) is 0 Å². The Balaban J connectivity index is 1.70. The van der Waals surface area contributed by atoms with Crippen LogP contribution in [0.5, 0.6) is 5.75 Å². The van der Waals surface area contributed by atoms with Crippen LogP contribution in [0.4, 0.5) is 0 Å². The van der Waals surface area contributed by atoms with Crippen molar-refractivity contribution < 1.29 is 14.0 Å². The molecule has 7 nitrogen and oxygen atoms in total. The summed E-state index contributed by atoms with van der Waals surface area (Å²) in [7, 11) is 0. The molecule has 1 saturated heterocycles. The van der Waals surface area contributed by atoms with Gasteiger partial charge in [0.25, 0.3) is 0 Å². The summed E-state index contributed by atoms with van der Waals surface area (Å²) in [5.41, 5.74) is 5.49. The van der Waals surface area contributed by atoms with Gasteiger partial charge in [0.1, 0.15) is 17.3 Å². The third-order valence-electron chi connectivity index (χ3n) is 5.71. The summed E-state index contributed by atoms with van der Waals surface area (Å²) >= 11 is 0. The smallest absolute Gasteiger partial charge is 0.141 e. The molecule has 156 valence electrons. The molecule has 4 aromatic rings. The fourth-order valence-corrected chi connectivity index (χ4v) is 4.28. The lowest BCUT2D eigenvalue weighted by Gasteiger charge is -2.19. The first-order chi connectivity index (χ1) is 14.5. The Kier molecular flexibility index (Phi) is 4.70. The summed E-state index contributed by atoms with van der Waals surface area (Å²) in [5, 5.41) is 5.10. The molecule has 0 saturated carbocycles. The van der Waals surface area contributed by atoms with Gasteiger partial charge < -0.3 is 19.0 Å². The molecular formula is C23H26N4O3. The molecule has 0 bridgehead atoms. The van der Waals surface area contributed by atoms with Crippen molar-refractivity contribution in [3.8, 4) is 16.9 Å². The Morgan fingerprint density at radius 1 is 1.17 bits per heavy atom. The van der Waals surface area contributed by atoms with Gasteiger partial charge in [-0.1, -0.05) is 5.16 Å². The normalized spacial score (nSPS) is 15.5. The van der Waals surface area contributed by atoms with Crippen LogP contribution in [0, 0.1) is 13.8 Å². The number of aryl methyl sites for hydroxylation is 2. The third-order valence-corrected chi connectivity index (χ3v) is 5.71. The van der Waals surface area contributed by atoms with E-state index >= 15 is 0 Å². The number of pyridine rings is 1. The summed E-state index contributed by atoms with van der Waals surface area (Å²) in [6, 6.07) is 4.11. The predicted octanol–water partition coefficient (Wildman–Crippen LogP) is 5.06. The van der Waals surface area contributed by atoms with Gasteiger partial charge in [-0.3, -0.25) is 4.98 Å². The Bertz CT molecular complexity index is 1200. The highest BCUT2D eigenvalue weighted by molar-refractivity contribution is 6.04. The van der Waals surface area contributed by atoms with E-state index in [-0.39, 0.29) is 6.10 Å². The maximum absolute atomic E-state index is 6.21. The highest BCUT2D eigenvalue weighted by Crippen LogP contribution is 2.39. The van der Waals surface area contributed by atoms with Gasteiger partial charge in [0.2, 0.25) is 0 Å². The van der Waals surface area contributed by atoms with Gasteiger partial charge >= 0.3 is 0 Å². The summed E-state index contributed by atoms with van der Waals surface area (Å²) in [4.78, 5) is 13.2. The van der Waals surface area contributed by atoms with E-state index < -0.39 is 0 Å². The highest BCUT2D eigenvalue weighted by Gasteiger charge is 2.22. The lowest BCUT2D eigenvalue weighted by Crippen LogP contribution is -2.15. The summed E-state index contributed by atoms with van der Waals surface area (Å²) < 4.78 is 17.1. The van der Waals surface area contributed by atoms with Gasteiger partial charge in [-0.15, -0.1) is 0 Å². The second kappa shape index (κ2) is 7.40. The van der Waals surface area contributed by atoms with E-state index in [1.165, 1.54) is 0 Å². The number of fused-ring (bicyclic) bond motifs is 3. The van der Waals surface area contributed by atoms with Crippen LogP contribution < -0.4 is 4.74 Å². The zero-order valence-corrected chi connectivity index (χ0v) is 17.8. The molecule has 5 rings (SSSR count). The summed E-state index contributed by atoms with van der Waals surface area (Å²) in [5.74, 6) is 2.97. The van der Waals surface area contributed by atoms with Gasteiger partial charge in [0.05, 0.1) is 40.1 Å². The van der Waals surface area contributed by atoms with Crippen LogP contribution in [-0.4, -0.2) is 39.4 Å². The maximum Gasteiger partial charge on any atom is 0.141 e. The van der Waals surface area contributed by atoms with Crippen LogP contribution in [0.2, 0.25) is 0 Å². The molecule has 30 heavy (non-hydrogen) atoms. The largest absolute Gasteiger partial charge is 0.490 e. The lowest BCUT2D eigenvalue weighted by atomic mass is 10.00. The topological polar surface area (TPSA) is 86.1 Å². The zero-order chi connectivity index (χ0) is 20.8. The van der Waals surface area contributed by atoms with Gasteiger partial charge in [0, 0.05) is 30.1 Å². The number of ether oxygens (including phenoxy) is 2. The van der Waals surface area contributed by atoms with Gasteiger partial charge in [-0.05, 0) is 52.7 Å². The van der Waals surface area contributed by atoms with Crippen molar-refractivity contribution in [2.24, 2.45) is 0 Å². The SMILES string of the molecule is Cc1noc(C)c1-c1cc2ncc3[nH]c(C4CCOCC4)nc3c2cc1OC(C)C. The van der Waals surface area contributed by atoms with E-state index in [2.05, 4.69) is 22.3 Å². The van der Waals surface area contributed by atoms with E-state index in [0.29, 0.717) is 5.92 Å². The average molecular weight is 406 g/mol. The molecule has 0 spiro atoms. The van der Waals surface area contributed by atoms with E-state index in [4.69, 9.17) is 24.0 Å². The third kappa shape index (κ3) is 3.23. The second-order valence-corrected chi connectivity index (χ2v) is 8.26. The molecule has 0 atom stereocenters. The number of hydrogen-bond donors (Lipinski definition) is 1. The van der Waals surface area contributed by atoms with E-state index in [1.807, 2.05) is 33.9 Å². The van der Waals surface area contributed by atoms with Crippen molar-refractivity contribution in [1.82, 2.24) is 20.1 Å². The van der Waals surface area contributed by atoms with Gasteiger partial charge in [0.15, 0.2) is 0 Å². The quantitative estimate of drug-likeness (QED) is 0.509. The molecule has 0 radical (unpaired) electrons. The van der Waals surface area contributed by atoms with Crippen LogP contribution >= 0.6 is 0 Å². The van der Waals surface area contributed by atoms with Gasteiger partial charge in [-0.25, -0.2) is 4.98 Å². The average Bonchev–Trinajstić information content (AvgIpc) is 3.31. The maximum atomic E-state index is 6.21. The minimum atomic E-state index is 0.0332. The molecule has 4 heterocycles. The van der Waals surface area contributed by atoms with E-state index in [1.54, 1.807) is 0 Å². The molecule has 1 aliphatic heterocycles. The molecule has 0 unspecified atom stereocenters. The Hall–Kier alpha value is -2.93. The number of aromatic amines is 1. The standard InChI is InChI=1S/C23H26N4O3/c1-12(2)29-20-10-16-18(9-17(20)21-13(3)27-30-14(21)4)24-11-19-22(16)26-23(25-19)15-5-7-28-8-6-15/h9-12,15H,5-8H2,1-4H3,(H,25,26). The number of benzene rings is 1. The number of rotatable bonds is 4. The number of H-pyrrole nitrogens is 1. The monoisotopic (exact) mass is 406 g/mol. The fourth-order valence-electron chi connectivity index (χ4n) is 4.28. The number of nitrogens with zero attached hydrogens (tertiary/aromatic N) is 3. The van der Waals surface area contributed by atoms with Crippen molar-refractivity contribution in [3.05, 3.63) is 35.6 Å². The molecule has 1 aliphatic rings. The van der Waals surface area contributed by atoms with Crippen LogP contribution in [0.25, 0.3) is 33.1 Å². The Labute approximate surface area is 174 Å². The first kappa shape index (κ1) is 19.1. The molecule has 0 amide bonds. The second-order valence-electron chi connectivity index (χ2n) is 8.26. The number of imidazole rings is 1. The number of hydrogen-bond acceptors (Lipinski definition) is 6. The molecule has 7 heteroatoms. The Morgan fingerprint density at radius 2 is 1.97 bits per heavy atom. The predicted molar refractivity (Wildman–Crippen MR) is 115 cm³/mol. The number of nitrogens with one attached hydrogen (secondary N) is 1. The zero-order valence-electron chi connectivity index (χ0n) is 17.8. The highest BCUT2D eigenvalue weighted by atomic mass is 16.5.